The zero-order chi connectivity index (χ0) is 12.9. The summed E-state index contributed by atoms with van der Waals surface area (Å²) in [5, 5.41) is 16.7. The molecular formula is C8H5N3O7. The molecule has 0 amide bonds. The molecule has 1 atom stereocenters. The molecule has 0 saturated carbocycles. The number of esters is 2. The number of carbonyl (C=O) groups is 3. The van der Waals surface area contributed by atoms with Gasteiger partial charge in [0.15, 0.2) is 5.60 Å². The summed E-state index contributed by atoms with van der Waals surface area (Å²) < 4.78 is 9.46. The van der Waals surface area contributed by atoms with E-state index in [0.717, 1.165) is 0 Å². The molecule has 3 aliphatic rings. The van der Waals surface area contributed by atoms with Crippen molar-refractivity contribution >= 4 is 17.9 Å². The number of hydrogen-bond acceptors (Lipinski definition) is 9. The second-order valence-corrected chi connectivity index (χ2v) is 3.78. The fraction of sp³-hybridized carbons (Fsp3) is 0.375. The lowest BCUT2D eigenvalue weighted by atomic mass is 9.95. The molecule has 1 aromatic rings. The van der Waals surface area contributed by atoms with E-state index in [9.17, 15) is 19.5 Å². The molecule has 4 rings (SSSR count). The van der Waals surface area contributed by atoms with E-state index in [1.54, 1.807) is 0 Å². The number of aromatic nitrogens is 3. The van der Waals surface area contributed by atoms with E-state index < -0.39 is 48.1 Å². The van der Waals surface area contributed by atoms with Gasteiger partial charge in [-0.1, -0.05) is 5.10 Å². The van der Waals surface area contributed by atoms with Crippen LogP contribution in [0.3, 0.4) is 0 Å². The van der Waals surface area contributed by atoms with Crippen LogP contribution in [0.1, 0.15) is 12.8 Å². The van der Waals surface area contributed by atoms with E-state index in [1.165, 1.54) is 0 Å². The third kappa shape index (κ3) is 1.43. The van der Waals surface area contributed by atoms with Gasteiger partial charge in [0.25, 0.3) is 0 Å². The second-order valence-electron chi connectivity index (χ2n) is 3.78. The molecule has 4 heterocycles. The standard InChI is InChI=1S/C8H5N3O7/c12-3-1-8(15)2-4(13)18-11-6(16-3)5(9-10-11)17-7(8)14/h15H,1-2H2. The topological polar surface area (TPSA) is 130 Å². The molecule has 0 fully saturated rings. The van der Waals surface area contributed by atoms with Gasteiger partial charge in [0.2, 0.25) is 0 Å². The minimum atomic E-state index is -2.34. The quantitative estimate of drug-likeness (QED) is 0.397. The highest BCUT2D eigenvalue weighted by atomic mass is 16.7. The Bertz CT molecular complexity index is 579. The Labute approximate surface area is 98.0 Å². The van der Waals surface area contributed by atoms with E-state index in [0.29, 0.717) is 4.85 Å². The maximum atomic E-state index is 11.7. The number of carbonyl (C=O) groups excluding carboxylic acids is 3. The van der Waals surface area contributed by atoms with Crippen LogP contribution in [0.4, 0.5) is 0 Å². The summed E-state index contributed by atoms with van der Waals surface area (Å²) in [7, 11) is 0. The molecule has 4 bridgehead atoms. The van der Waals surface area contributed by atoms with E-state index in [1.807, 2.05) is 0 Å². The fourth-order valence-electron chi connectivity index (χ4n) is 1.59. The summed E-state index contributed by atoms with van der Waals surface area (Å²) in [6, 6.07) is 0. The summed E-state index contributed by atoms with van der Waals surface area (Å²) in [6.07, 6.45) is -1.49. The number of ether oxygens (including phenoxy) is 2. The third-order valence-electron chi connectivity index (χ3n) is 2.42. The van der Waals surface area contributed by atoms with E-state index in [4.69, 9.17) is 9.47 Å². The summed E-state index contributed by atoms with van der Waals surface area (Å²) in [6.45, 7) is 0. The van der Waals surface area contributed by atoms with Crippen LogP contribution in [-0.4, -0.2) is 43.8 Å². The number of hydrogen-bond donors (Lipinski definition) is 1. The molecule has 0 spiro atoms. The zero-order valence-electron chi connectivity index (χ0n) is 8.65. The van der Waals surface area contributed by atoms with Crippen molar-refractivity contribution in [3.63, 3.8) is 0 Å². The molecule has 1 aromatic heterocycles. The zero-order valence-corrected chi connectivity index (χ0v) is 8.65. The highest BCUT2D eigenvalue weighted by molar-refractivity contribution is 5.93. The summed E-state index contributed by atoms with van der Waals surface area (Å²) in [5.41, 5.74) is -2.34. The Morgan fingerprint density at radius 3 is 2.67 bits per heavy atom. The van der Waals surface area contributed by atoms with Gasteiger partial charge in [-0.3, -0.25) is 4.79 Å². The molecular weight excluding hydrogens is 250 g/mol. The molecule has 18 heavy (non-hydrogen) atoms. The normalized spacial score (nSPS) is 26.4. The van der Waals surface area contributed by atoms with Crippen molar-refractivity contribution in [3.05, 3.63) is 0 Å². The molecule has 94 valence electrons. The molecule has 0 aliphatic carbocycles. The average Bonchev–Trinajstić information content (AvgIpc) is 2.61. The lowest BCUT2D eigenvalue weighted by Crippen LogP contribution is -2.47. The van der Waals surface area contributed by atoms with Gasteiger partial charge in [0, 0.05) is 0 Å². The van der Waals surface area contributed by atoms with E-state index in [2.05, 4.69) is 15.1 Å². The van der Waals surface area contributed by atoms with Crippen LogP contribution in [0.25, 0.3) is 0 Å². The Kier molecular flexibility index (Phi) is 1.93. The highest BCUT2D eigenvalue weighted by Crippen LogP contribution is 2.31. The van der Waals surface area contributed by atoms with Crippen molar-refractivity contribution in [1.29, 1.82) is 0 Å². The van der Waals surface area contributed by atoms with Gasteiger partial charge in [-0.05, 0) is 10.1 Å². The van der Waals surface area contributed by atoms with Gasteiger partial charge in [-0.2, -0.15) is 0 Å². The Hall–Kier alpha value is -2.49. The van der Waals surface area contributed by atoms with Crippen molar-refractivity contribution in [2.45, 2.75) is 18.4 Å². The van der Waals surface area contributed by atoms with Crippen molar-refractivity contribution < 1.29 is 33.8 Å². The van der Waals surface area contributed by atoms with Gasteiger partial charge >= 0.3 is 29.7 Å². The first-order chi connectivity index (χ1) is 8.48. The Morgan fingerprint density at radius 1 is 1.17 bits per heavy atom. The molecule has 0 saturated heterocycles. The van der Waals surface area contributed by atoms with Crippen molar-refractivity contribution in [2.24, 2.45) is 0 Å². The number of aliphatic hydroxyl groups is 1. The second kappa shape index (κ2) is 3.26. The largest absolute Gasteiger partial charge is 0.400 e. The van der Waals surface area contributed by atoms with Crippen LogP contribution in [0.5, 0.6) is 11.8 Å². The summed E-state index contributed by atoms with van der Waals surface area (Å²) in [5.74, 6) is -3.98. The summed E-state index contributed by atoms with van der Waals surface area (Å²) in [4.78, 5) is 39.8. The van der Waals surface area contributed by atoms with Gasteiger partial charge in [-0.15, -0.1) is 0 Å². The van der Waals surface area contributed by atoms with Crippen LogP contribution in [-0.2, 0) is 14.4 Å². The maximum absolute atomic E-state index is 11.7. The SMILES string of the molecule is O=C1CC2(O)CC(=O)On3nnc(c3O1)OC2=O. The molecule has 0 radical (unpaired) electrons. The third-order valence-corrected chi connectivity index (χ3v) is 2.42. The Morgan fingerprint density at radius 2 is 1.89 bits per heavy atom. The highest BCUT2D eigenvalue weighted by Gasteiger charge is 2.48. The first kappa shape index (κ1) is 10.7. The van der Waals surface area contributed by atoms with Crippen LogP contribution in [0.2, 0.25) is 0 Å². The fourth-order valence-corrected chi connectivity index (χ4v) is 1.59. The molecule has 10 heteroatoms. The van der Waals surface area contributed by atoms with Gasteiger partial charge < -0.3 is 19.4 Å². The van der Waals surface area contributed by atoms with Crippen molar-refractivity contribution in [1.82, 2.24) is 15.2 Å². The van der Waals surface area contributed by atoms with Crippen molar-refractivity contribution in [2.75, 3.05) is 0 Å². The minimum Gasteiger partial charge on any atom is -0.400 e. The lowest BCUT2D eigenvalue weighted by Gasteiger charge is -2.23. The van der Waals surface area contributed by atoms with Gasteiger partial charge in [0.05, 0.1) is 12.8 Å². The monoisotopic (exact) mass is 255 g/mol. The number of nitrogens with zero attached hydrogens (tertiary/aromatic N) is 3. The van der Waals surface area contributed by atoms with Crippen molar-refractivity contribution in [3.8, 4) is 11.8 Å². The minimum absolute atomic E-state index is 0.425. The van der Waals surface area contributed by atoms with Gasteiger partial charge in [0.1, 0.15) is 0 Å². The molecule has 1 unspecified atom stereocenters. The van der Waals surface area contributed by atoms with E-state index >= 15 is 0 Å². The smallest absolute Gasteiger partial charge is 0.346 e. The molecule has 1 N–H and O–H groups in total. The first-order valence-corrected chi connectivity index (χ1v) is 4.80. The van der Waals surface area contributed by atoms with E-state index in [-0.39, 0.29) is 0 Å². The maximum Gasteiger partial charge on any atom is 0.346 e. The van der Waals surface area contributed by atoms with Crippen LogP contribution < -0.4 is 14.3 Å². The first-order valence-electron chi connectivity index (χ1n) is 4.80. The van der Waals surface area contributed by atoms with Crippen LogP contribution in [0, 0.1) is 0 Å². The van der Waals surface area contributed by atoms with Gasteiger partial charge in [-0.25, -0.2) is 9.59 Å². The molecule has 10 nitrogen and oxygen atoms in total. The lowest BCUT2D eigenvalue weighted by molar-refractivity contribution is -0.169. The average molecular weight is 255 g/mol. The summed E-state index contributed by atoms with van der Waals surface area (Å²) >= 11 is 0. The predicted octanol–water partition coefficient (Wildman–Crippen LogP) is -2.42. The van der Waals surface area contributed by atoms with Crippen LogP contribution in [0.15, 0.2) is 0 Å². The molecule has 0 aromatic carbocycles. The predicted molar refractivity (Wildman–Crippen MR) is 47.1 cm³/mol. The Balaban J connectivity index is 2.22. The molecule has 3 aliphatic heterocycles. The number of fused-ring (bicyclic) bond motifs is 5. The van der Waals surface area contributed by atoms with Crippen LogP contribution >= 0.6 is 0 Å². The number of rotatable bonds is 0.